The van der Waals surface area contributed by atoms with E-state index in [4.69, 9.17) is 4.74 Å². The minimum absolute atomic E-state index is 0.264. The van der Waals surface area contributed by atoms with Crippen LogP contribution in [0.2, 0.25) is 0 Å². The van der Waals surface area contributed by atoms with Gasteiger partial charge < -0.3 is 14.2 Å². The molecule has 4 nitrogen and oxygen atoms in total. The Balaban J connectivity index is 2.10. The highest BCUT2D eigenvalue weighted by molar-refractivity contribution is 5.94. The number of carbonyl (C=O) groups is 1. The number of esters is 1. The Morgan fingerprint density at radius 1 is 1.33 bits per heavy atom. The van der Waals surface area contributed by atoms with Crippen molar-refractivity contribution in [2.75, 3.05) is 27.2 Å². The molecule has 0 aliphatic heterocycles. The van der Waals surface area contributed by atoms with E-state index in [-0.39, 0.29) is 5.97 Å². The predicted molar refractivity (Wildman–Crippen MR) is 71.8 cm³/mol. The summed E-state index contributed by atoms with van der Waals surface area (Å²) < 4.78 is 7.21. The van der Waals surface area contributed by atoms with Gasteiger partial charge >= 0.3 is 5.97 Å². The van der Waals surface area contributed by atoms with Crippen LogP contribution in [-0.4, -0.2) is 42.7 Å². The quantitative estimate of drug-likeness (QED) is 0.773. The molecule has 2 aromatic rings. The Hall–Kier alpha value is -1.81. The molecule has 2 rings (SSSR count). The van der Waals surface area contributed by atoms with Crippen molar-refractivity contribution in [3.63, 3.8) is 0 Å². The first-order chi connectivity index (χ1) is 8.58. The van der Waals surface area contributed by atoms with Crippen LogP contribution in [0.5, 0.6) is 0 Å². The summed E-state index contributed by atoms with van der Waals surface area (Å²) >= 11 is 0. The molecule has 1 heterocycles. The van der Waals surface area contributed by atoms with Crippen molar-refractivity contribution in [3.8, 4) is 0 Å². The Kier molecular flexibility index (Phi) is 3.67. The zero-order valence-corrected chi connectivity index (χ0v) is 11.0. The number of hydrogen-bond acceptors (Lipinski definition) is 3. The Labute approximate surface area is 107 Å². The van der Waals surface area contributed by atoms with Crippen LogP contribution in [0, 0.1) is 0 Å². The summed E-state index contributed by atoms with van der Waals surface area (Å²) in [7, 11) is 5.86. The Morgan fingerprint density at radius 2 is 2.11 bits per heavy atom. The second-order valence-electron chi connectivity index (χ2n) is 4.64. The van der Waals surface area contributed by atoms with Crippen LogP contribution in [0.3, 0.4) is 0 Å². The molecule has 0 atom stereocenters. The van der Waals surface area contributed by atoms with Crippen molar-refractivity contribution in [2.24, 2.45) is 7.05 Å². The number of nitrogens with zero attached hydrogens (tertiary/aromatic N) is 2. The van der Waals surface area contributed by atoms with Gasteiger partial charge in [0.1, 0.15) is 6.61 Å². The average Bonchev–Trinajstić information content (AvgIpc) is 2.70. The number of fused-ring (bicyclic) bond motifs is 1. The molecule has 0 aliphatic rings. The van der Waals surface area contributed by atoms with Crippen LogP contribution in [0.15, 0.2) is 30.5 Å². The van der Waals surface area contributed by atoms with E-state index >= 15 is 0 Å². The van der Waals surface area contributed by atoms with E-state index in [0.717, 1.165) is 17.4 Å². The zero-order valence-electron chi connectivity index (χ0n) is 11.0. The molecular weight excluding hydrogens is 228 g/mol. The van der Waals surface area contributed by atoms with Gasteiger partial charge in [-0.3, -0.25) is 0 Å². The molecule has 0 unspecified atom stereocenters. The molecule has 1 aromatic heterocycles. The molecule has 0 radical (unpaired) electrons. The molecule has 0 saturated carbocycles. The van der Waals surface area contributed by atoms with Gasteiger partial charge in [0.25, 0.3) is 0 Å². The normalized spacial score (nSPS) is 11.1. The molecule has 0 spiro atoms. The summed E-state index contributed by atoms with van der Waals surface area (Å²) in [6.45, 7) is 1.15. The van der Waals surface area contributed by atoms with Crippen molar-refractivity contribution >= 4 is 16.9 Å². The molecule has 0 aliphatic carbocycles. The lowest BCUT2D eigenvalue weighted by Gasteiger charge is -2.10. The Morgan fingerprint density at radius 3 is 2.83 bits per heavy atom. The second kappa shape index (κ2) is 5.23. The van der Waals surface area contributed by atoms with Gasteiger partial charge in [0, 0.05) is 25.3 Å². The van der Waals surface area contributed by atoms with E-state index in [1.54, 1.807) is 6.07 Å². The lowest BCUT2D eigenvalue weighted by Crippen LogP contribution is -2.20. The molecule has 0 fully saturated rings. The van der Waals surface area contributed by atoms with Crippen molar-refractivity contribution in [1.29, 1.82) is 0 Å². The van der Waals surface area contributed by atoms with Gasteiger partial charge in [0.2, 0.25) is 0 Å². The van der Waals surface area contributed by atoms with E-state index in [2.05, 4.69) is 0 Å². The van der Waals surface area contributed by atoms with Gasteiger partial charge in [0.05, 0.1) is 5.56 Å². The van der Waals surface area contributed by atoms with Crippen LogP contribution in [0.4, 0.5) is 0 Å². The van der Waals surface area contributed by atoms with Crippen LogP contribution < -0.4 is 0 Å². The predicted octanol–water partition coefficient (Wildman–Crippen LogP) is 1.90. The minimum atomic E-state index is -0.264. The van der Waals surface area contributed by atoms with E-state index in [9.17, 15) is 4.79 Å². The molecule has 4 heteroatoms. The highest BCUT2D eigenvalue weighted by atomic mass is 16.5. The summed E-state index contributed by atoms with van der Waals surface area (Å²) in [5, 5.41) is 1.13. The SMILES string of the molecule is CN(C)CCOC(=O)c1ccc2ccn(C)c2c1. The maximum Gasteiger partial charge on any atom is 0.338 e. The topological polar surface area (TPSA) is 34.5 Å². The van der Waals surface area contributed by atoms with E-state index < -0.39 is 0 Å². The first-order valence-corrected chi connectivity index (χ1v) is 5.95. The summed E-state index contributed by atoms with van der Waals surface area (Å²) in [6, 6.07) is 7.64. The third-order valence-electron chi connectivity index (χ3n) is 2.90. The van der Waals surface area contributed by atoms with E-state index in [0.29, 0.717) is 12.2 Å². The highest BCUT2D eigenvalue weighted by Crippen LogP contribution is 2.17. The molecule has 1 aromatic carbocycles. The first kappa shape index (κ1) is 12.6. The number of carbonyl (C=O) groups excluding carboxylic acids is 1. The molecule has 0 bridgehead atoms. The summed E-state index contributed by atoms with van der Waals surface area (Å²) in [5.41, 5.74) is 1.64. The lowest BCUT2D eigenvalue weighted by atomic mass is 10.1. The fraction of sp³-hybridized carbons (Fsp3) is 0.357. The van der Waals surface area contributed by atoms with Crippen molar-refractivity contribution in [2.45, 2.75) is 0 Å². The van der Waals surface area contributed by atoms with Gasteiger partial charge in [-0.1, -0.05) is 6.07 Å². The smallest absolute Gasteiger partial charge is 0.338 e. The van der Waals surface area contributed by atoms with Gasteiger partial charge in [-0.15, -0.1) is 0 Å². The van der Waals surface area contributed by atoms with Crippen LogP contribution >= 0.6 is 0 Å². The van der Waals surface area contributed by atoms with Gasteiger partial charge in [-0.05, 0) is 37.7 Å². The molecular formula is C14H18N2O2. The molecule has 0 saturated heterocycles. The second-order valence-corrected chi connectivity index (χ2v) is 4.64. The van der Waals surface area contributed by atoms with Crippen LogP contribution in [0.1, 0.15) is 10.4 Å². The fourth-order valence-electron chi connectivity index (χ4n) is 1.79. The zero-order chi connectivity index (χ0) is 13.1. The van der Waals surface area contributed by atoms with Crippen molar-refractivity contribution < 1.29 is 9.53 Å². The third-order valence-corrected chi connectivity index (χ3v) is 2.90. The number of hydrogen-bond donors (Lipinski definition) is 0. The van der Waals surface area contributed by atoms with E-state index in [1.165, 1.54) is 0 Å². The lowest BCUT2D eigenvalue weighted by molar-refractivity contribution is 0.0482. The summed E-state index contributed by atoms with van der Waals surface area (Å²) in [4.78, 5) is 13.8. The molecule has 0 N–H and O–H groups in total. The number of rotatable bonds is 4. The van der Waals surface area contributed by atoms with Gasteiger partial charge in [-0.2, -0.15) is 0 Å². The number of benzene rings is 1. The fourth-order valence-corrected chi connectivity index (χ4v) is 1.79. The molecule has 18 heavy (non-hydrogen) atoms. The third kappa shape index (κ3) is 2.71. The Bertz CT molecular complexity index is 558. The highest BCUT2D eigenvalue weighted by Gasteiger charge is 2.09. The average molecular weight is 246 g/mol. The van der Waals surface area contributed by atoms with Gasteiger partial charge in [-0.25, -0.2) is 4.79 Å². The number of aromatic nitrogens is 1. The standard InChI is InChI=1S/C14H18N2O2/c1-15(2)8-9-18-14(17)12-5-4-11-6-7-16(3)13(11)10-12/h4-7,10H,8-9H2,1-3H3. The summed E-state index contributed by atoms with van der Waals surface area (Å²) in [6.07, 6.45) is 1.98. The maximum atomic E-state index is 11.9. The molecule has 0 amide bonds. The monoisotopic (exact) mass is 246 g/mol. The van der Waals surface area contributed by atoms with Crippen LogP contribution in [0.25, 0.3) is 10.9 Å². The van der Waals surface area contributed by atoms with E-state index in [1.807, 2.05) is 55.0 Å². The maximum absolute atomic E-state index is 11.9. The summed E-state index contributed by atoms with van der Waals surface area (Å²) in [5.74, 6) is -0.264. The van der Waals surface area contributed by atoms with Gasteiger partial charge in [0.15, 0.2) is 0 Å². The van der Waals surface area contributed by atoms with Crippen molar-refractivity contribution in [1.82, 2.24) is 9.47 Å². The molecule has 96 valence electrons. The van der Waals surface area contributed by atoms with Crippen LogP contribution in [-0.2, 0) is 11.8 Å². The number of ether oxygens (including phenoxy) is 1. The van der Waals surface area contributed by atoms with Crippen molar-refractivity contribution in [3.05, 3.63) is 36.0 Å². The number of likely N-dealkylation sites (N-methyl/N-ethyl adjacent to an activating group) is 1. The minimum Gasteiger partial charge on any atom is -0.461 e. The first-order valence-electron chi connectivity index (χ1n) is 5.95. The number of aryl methyl sites for hydroxylation is 1. The largest absolute Gasteiger partial charge is 0.461 e.